The predicted molar refractivity (Wildman–Crippen MR) is 123 cm³/mol. The van der Waals surface area contributed by atoms with Crippen LogP contribution in [-0.4, -0.2) is 56.5 Å². The van der Waals surface area contributed by atoms with E-state index in [4.69, 9.17) is 26.1 Å². The van der Waals surface area contributed by atoms with Gasteiger partial charge in [-0.1, -0.05) is 11.6 Å². The lowest BCUT2D eigenvalue weighted by molar-refractivity contribution is 0.0605. The van der Waals surface area contributed by atoms with Crippen molar-refractivity contribution < 1.29 is 14.3 Å². The molecular formula is C23H23ClN6O3. The minimum absolute atomic E-state index is 0.152. The van der Waals surface area contributed by atoms with Gasteiger partial charge >= 0.3 is 0 Å². The number of aromatic nitrogens is 5. The number of benzene rings is 2. The molecule has 1 N–H and O–H groups in total. The number of imidazole rings is 1. The third-order valence-corrected chi connectivity index (χ3v) is 6.44. The first-order chi connectivity index (χ1) is 15.9. The van der Waals surface area contributed by atoms with Gasteiger partial charge < -0.3 is 19.4 Å². The lowest BCUT2D eigenvalue weighted by atomic mass is 9.97. The van der Waals surface area contributed by atoms with Crippen LogP contribution in [0.1, 0.15) is 35.9 Å². The van der Waals surface area contributed by atoms with E-state index in [-0.39, 0.29) is 5.91 Å². The van der Waals surface area contributed by atoms with Crippen molar-refractivity contribution in [1.82, 2.24) is 29.9 Å². The number of amides is 1. The van der Waals surface area contributed by atoms with Crippen LogP contribution in [0, 0.1) is 0 Å². The SMILES string of the molecule is COc1cc2nc([C@]3(C)CCCN3C(=O)c3cc(Cl)ccc3-n3nccn3)[nH]c2cc1OC. The molecule has 1 fully saturated rings. The van der Waals surface area contributed by atoms with E-state index >= 15 is 0 Å². The van der Waals surface area contributed by atoms with Gasteiger partial charge in [-0.3, -0.25) is 4.79 Å². The van der Waals surface area contributed by atoms with Crippen molar-refractivity contribution in [2.75, 3.05) is 20.8 Å². The molecule has 2 aromatic heterocycles. The number of hydrogen-bond donors (Lipinski definition) is 1. The van der Waals surface area contributed by atoms with Crippen LogP contribution in [0.4, 0.5) is 0 Å². The number of hydrogen-bond acceptors (Lipinski definition) is 6. The number of H-pyrrole nitrogens is 1. The number of aromatic amines is 1. The van der Waals surface area contributed by atoms with Crippen LogP contribution in [0.2, 0.25) is 5.02 Å². The lowest BCUT2D eigenvalue weighted by Crippen LogP contribution is -2.44. The highest BCUT2D eigenvalue weighted by molar-refractivity contribution is 6.31. The van der Waals surface area contributed by atoms with E-state index in [9.17, 15) is 4.79 Å². The molecule has 0 saturated carbocycles. The highest BCUT2D eigenvalue weighted by atomic mass is 35.5. The maximum atomic E-state index is 13.8. The molecule has 1 aliphatic heterocycles. The highest BCUT2D eigenvalue weighted by Gasteiger charge is 2.44. The highest BCUT2D eigenvalue weighted by Crippen LogP contribution is 2.40. The molecule has 170 valence electrons. The first-order valence-corrected chi connectivity index (χ1v) is 10.9. The van der Waals surface area contributed by atoms with Crippen LogP contribution in [0.3, 0.4) is 0 Å². The summed E-state index contributed by atoms with van der Waals surface area (Å²) in [5.74, 6) is 1.77. The van der Waals surface area contributed by atoms with Gasteiger partial charge in [0.25, 0.3) is 5.91 Å². The predicted octanol–water partition coefficient (Wildman–Crippen LogP) is 3.97. The van der Waals surface area contributed by atoms with Crippen molar-refractivity contribution in [2.45, 2.75) is 25.3 Å². The number of methoxy groups -OCH3 is 2. The first kappa shape index (κ1) is 21.3. The van der Waals surface area contributed by atoms with Gasteiger partial charge in [0.1, 0.15) is 5.82 Å². The van der Waals surface area contributed by atoms with Crippen molar-refractivity contribution in [3.63, 3.8) is 0 Å². The summed E-state index contributed by atoms with van der Waals surface area (Å²) in [6, 6.07) is 8.82. The van der Waals surface area contributed by atoms with Crippen LogP contribution in [0.5, 0.6) is 11.5 Å². The van der Waals surface area contributed by atoms with Crippen molar-refractivity contribution in [2.24, 2.45) is 0 Å². The van der Waals surface area contributed by atoms with Crippen LogP contribution in [-0.2, 0) is 5.54 Å². The molecule has 9 nitrogen and oxygen atoms in total. The number of carbonyl (C=O) groups excluding carboxylic acids is 1. The second kappa shape index (κ2) is 8.08. The van der Waals surface area contributed by atoms with E-state index in [0.717, 1.165) is 23.9 Å². The number of nitrogens with zero attached hydrogens (tertiary/aromatic N) is 5. The molecule has 1 atom stereocenters. The zero-order valence-corrected chi connectivity index (χ0v) is 19.3. The zero-order chi connectivity index (χ0) is 23.2. The van der Waals surface area contributed by atoms with E-state index in [0.29, 0.717) is 40.1 Å². The molecule has 33 heavy (non-hydrogen) atoms. The van der Waals surface area contributed by atoms with Crippen LogP contribution < -0.4 is 9.47 Å². The molecule has 4 aromatic rings. The molecule has 0 aliphatic carbocycles. The van der Waals surface area contributed by atoms with E-state index in [1.165, 1.54) is 4.80 Å². The number of carbonyl (C=O) groups is 1. The molecule has 10 heteroatoms. The fraction of sp³-hybridized carbons (Fsp3) is 0.304. The van der Waals surface area contributed by atoms with Gasteiger partial charge in [-0.15, -0.1) is 0 Å². The monoisotopic (exact) mass is 466 g/mol. The summed E-state index contributed by atoms with van der Waals surface area (Å²) in [4.78, 5) is 25.3. The Hall–Kier alpha value is -3.59. The normalized spacial score (nSPS) is 18.1. The number of halogens is 1. The maximum absolute atomic E-state index is 13.8. The molecule has 0 spiro atoms. The average Bonchev–Trinajstić information content (AvgIpc) is 3.57. The van der Waals surface area contributed by atoms with Crippen molar-refractivity contribution in [3.05, 3.63) is 59.1 Å². The Bertz CT molecular complexity index is 1290. The molecule has 5 rings (SSSR count). The zero-order valence-electron chi connectivity index (χ0n) is 18.5. The summed E-state index contributed by atoms with van der Waals surface area (Å²) in [5.41, 5.74) is 1.93. The Balaban J connectivity index is 1.57. The summed E-state index contributed by atoms with van der Waals surface area (Å²) in [6.45, 7) is 2.62. The standard InChI is InChI=1S/C23H23ClN6O3/c1-23(22-27-16-12-19(32-2)20(33-3)13-17(16)28-22)7-4-10-29(23)21(31)15-11-14(24)5-6-18(15)30-25-8-9-26-30/h5-6,8-9,11-13H,4,7,10H2,1-3H3,(H,27,28)/t23-/m0/s1. The topological polar surface area (TPSA) is 98.2 Å². The van der Waals surface area contributed by atoms with Gasteiger partial charge in [0.15, 0.2) is 11.5 Å². The molecule has 0 radical (unpaired) electrons. The van der Waals surface area contributed by atoms with E-state index in [1.54, 1.807) is 44.8 Å². The maximum Gasteiger partial charge on any atom is 0.256 e. The Morgan fingerprint density at radius 3 is 2.58 bits per heavy atom. The summed E-state index contributed by atoms with van der Waals surface area (Å²) >= 11 is 6.26. The summed E-state index contributed by atoms with van der Waals surface area (Å²) < 4.78 is 10.8. The minimum Gasteiger partial charge on any atom is -0.493 e. The molecule has 1 amide bonds. The van der Waals surface area contributed by atoms with Crippen molar-refractivity contribution in [3.8, 4) is 17.2 Å². The first-order valence-electron chi connectivity index (χ1n) is 10.5. The summed E-state index contributed by atoms with van der Waals surface area (Å²) in [5, 5.41) is 8.85. The largest absolute Gasteiger partial charge is 0.493 e. The van der Waals surface area contributed by atoms with Gasteiger partial charge in [0.2, 0.25) is 0 Å². The summed E-state index contributed by atoms with van der Waals surface area (Å²) in [6.07, 6.45) is 4.75. The Kier molecular flexibility index (Phi) is 5.20. The molecule has 1 saturated heterocycles. The smallest absolute Gasteiger partial charge is 0.256 e. The van der Waals surface area contributed by atoms with E-state index in [1.807, 2.05) is 24.0 Å². The molecule has 2 aromatic carbocycles. The lowest BCUT2D eigenvalue weighted by Gasteiger charge is -2.34. The number of fused-ring (bicyclic) bond motifs is 1. The van der Waals surface area contributed by atoms with Gasteiger partial charge in [0.05, 0.1) is 54.4 Å². The van der Waals surface area contributed by atoms with Crippen LogP contribution in [0.15, 0.2) is 42.7 Å². The molecule has 1 aliphatic rings. The summed E-state index contributed by atoms with van der Waals surface area (Å²) in [7, 11) is 3.18. The molecule has 3 heterocycles. The quantitative estimate of drug-likeness (QED) is 0.478. The van der Waals surface area contributed by atoms with Crippen LogP contribution in [0.25, 0.3) is 16.7 Å². The molecule has 0 bridgehead atoms. The second-order valence-electron chi connectivity index (χ2n) is 8.12. The minimum atomic E-state index is -0.631. The second-order valence-corrected chi connectivity index (χ2v) is 8.56. The Morgan fingerprint density at radius 2 is 1.85 bits per heavy atom. The van der Waals surface area contributed by atoms with Gasteiger partial charge in [-0.2, -0.15) is 15.0 Å². The third kappa shape index (κ3) is 3.48. The number of likely N-dealkylation sites (tertiary alicyclic amines) is 1. The van der Waals surface area contributed by atoms with Crippen LogP contribution >= 0.6 is 11.6 Å². The Labute approximate surface area is 195 Å². The van der Waals surface area contributed by atoms with Crippen molar-refractivity contribution in [1.29, 1.82) is 0 Å². The van der Waals surface area contributed by atoms with Gasteiger partial charge in [-0.05, 0) is 38.0 Å². The average molecular weight is 467 g/mol. The van der Waals surface area contributed by atoms with E-state index in [2.05, 4.69) is 15.2 Å². The number of nitrogens with one attached hydrogen (secondary N) is 1. The fourth-order valence-corrected chi connectivity index (χ4v) is 4.64. The number of ether oxygens (including phenoxy) is 2. The fourth-order valence-electron chi connectivity index (χ4n) is 4.47. The van der Waals surface area contributed by atoms with E-state index < -0.39 is 5.54 Å². The molecular weight excluding hydrogens is 444 g/mol. The van der Waals surface area contributed by atoms with Gasteiger partial charge in [0, 0.05) is 23.7 Å². The third-order valence-electron chi connectivity index (χ3n) is 6.21. The number of rotatable bonds is 5. The van der Waals surface area contributed by atoms with Gasteiger partial charge in [-0.25, -0.2) is 4.98 Å². The Morgan fingerprint density at radius 1 is 1.12 bits per heavy atom. The van der Waals surface area contributed by atoms with Crippen molar-refractivity contribution >= 4 is 28.5 Å². The molecule has 0 unspecified atom stereocenters.